The number of carbonyl (C=O) groups is 1. The number of carbonyl (C=O) groups excluding carboxylic acids is 1. The molecule has 0 fully saturated rings. The van der Waals surface area contributed by atoms with Gasteiger partial charge in [0.2, 0.25) is 5.91 Å². The highest BCUT2D eigenvalue weighted by Gasteiger charge is 2.38. The maximum atomic E-state index is 13.3. The predicted octanol–water partition coefficient (Wildman–Crippen LogP) is 5.21. The topological polar surface area (TPSA) is 75.7 Å². The van der Waals surface area contributed by atoms with E-state index in [1.165, 1.54) is 0 Å². The van der Waals surface area contributed by atoms with E-state index in [-0.39, 0.29) is 17.4 Å². The molecule has 0 unspecified atom stereocenters. The van der Waals surface area contributed by atoms with Crippen LogP contribution in [0.1, 0.15) is 50.8 Å². The highest BCUT2D eigenvalue weighted by Crippen LogP contribution is 2.39. The highest BCUT2D eigenvalue weighted by atomic mass is 32.2. The van der Waals surface area contributed by atoms with E-state index < -0.39 is 15.4 Å². The Hall–Kier alpha value is -2.54. The first kappa shape index (κ1) is 24.1. The molecule has 7 heteroatoms. The van der Waals surface area contributed by atoms with Gasteiger partial charge in [-0.15, -0.1) is 0 Å². The zero-order valence-electron chi connectivity index (χ0n) is 20.1. The lowest BCUT2D eigenvalue weighted by molar-refractivity contribution is -0.127. The number of nitrogens with one attached hydrogen (secondary N) is 1. The van der Waals surface area contributed by atoms with E-state index in [0.29, 0.717) is 35.2 Å². The molecule has 0 atom stereocenters. The first-order chi connectivity index (χ1) is 14.8. The third kappa shape index (κ3) is 4.93. The average molecular weight is 459 g/mol. The second-order valence-electron chi connectivity index (χ2n) is 9.80. The Balaban J connectivity index is 2.00. The van der Waals surface area contributed by atoms with Crippen LogP contribution in [-0.4, -0.2) is 27.5 Å². The molecule has 2 aromatic carbocycles. The van der Waals surface area contributed by atoms with E-state index in [9.17, 15) is 13.2 Å². The van der Waals surface area contributed by atoms with Crippen LogP contribution < -0.4 is 14.4 Å². The monoisotopic (exact) mass is 458 g/mol. The van der Waals surface area contributed by atoms with E-state index >= 15 is 0 Å². The molecule has 3 rings (SSSR count). The van der Waals surface area contributed by atoms with Gasteiger partial charge in [-0.3, -0.25) is 9.52 Å². The molecule has 1 amide bonds. The van der Waals surface area contributed by atoms with Crippen molar-refractivity contribution in [3.05, 3.63) is 47.0 Å². The highest BCUT2D eigenvalue weighted by molar-refractivity contribution is 7.92. The van der Waals surface area contributed by atoms with E-state index in [1.807, 2.05) is 33.8 Å². The molecule has 32 heavy (non-hydrogen) atoms. The molecule has 0 aromatic heterocycles. The smallest absolute Gasteiger partial charge is 0.262 e. The molecule has 0 bridgehead atoms. The summed E-state index contributed by atoms with van der Waals surface area (Å²) < 4.78 is 35.0. The average Bonchev–Trinajstić information content (AvgIpc) is 2.77. The zero-order chi connectivity index (χ0) is 23.8. The number of hydrogen-bond donors (Lipinski definition) is 1. The van der Waals surface area contributed by atoms with Gasteiger partial charge in [-0.1, -0.05) is 19.9 Å². The molecule has 1 aliphatic heterocycles. The summed E-state index contributed by atoms with van der Waals surface area (Å²) in [7, 11) is -3.79. The molecule has 2 aromatic rings. The molecule has 0 saturated carbocycles. The van der Waals surface area contributed by atoms with E-state index in [1.54, 1.807) is 36.1 Å². The summed E-state index contributed by atoms with van der Waals surface area (Å²) in [5.74, 6) is 0.980. The van der Waals surface area contributed by atoms with Gasteiger partial charge < -0.3 is 9.64 Å². The summed E-state index contributed by atoms with van der Waals surface area (Å²) in [4.78, 5) is 15.3. The molecule has 0 saturated heterocycles. The van der Waals surface area contributed by atoms with Crippen LogP contribution in [0.3, 0.4) is 0 Å². The minimum absolute atomic E-state index is 0.0260. The Morgan fingerprint density at radius 1 is 1.06 bits per heavy atom. The van der Waals surface area contributed by atoms with Crippen molar-refractivity contribution in [1.82, 2.24) is 0 Å². The number of amides is 1. The summed E-state index contributed by atoms with van der Waals surface area (Å²) >= 11 is 0. The summed E-state index contributed by atoms with van der Waals surface area (Å²) in [5, 5.41) is 0. The van der Waals surface area contributed by atoms with E-state index in [4.69, 9.17) is 4.74 Å². The molecule has 0 radical (unpaired) electrons. The Morgan fingerprint density at radius 2 is 1.72 bits per heavy atom. The van der Waals surface area contributed by atoms with Gasteiger partial charge >= 0.3 is 0 Å². The van der Waals surface area contributed by atoms with Crippen molar-refractivity contribution in [1.29, 1.82) is 0 Å². The summed E-state index contributed by atoms with van der Waals surface area (Å²) in [6.45, 7) is 14.4. The number of nitrogens with zero attached hydrogens (tertiary/aromatic N) is 1. The van der Waals surface area contributed by atoms with Crippen LogP contribution in [0.25, 0.3) is 0 Å². The van der Waals surface area contributed by atoms with Crippen molar-refractivity contribution in [3.63, 3.8) is 0 Å². The van der Waals surface area contributed by atoms with Crippen molar-refractivity contribution in [2.24, 2.45) is 11.3 Å². The molecule has 1 heterocycles. The summed E-state index contributed by atoms with van der Waals surface area (Å²) in [5.41, 5.74) is 2.97. The number of sulfonamides is 1. The van der Waals surface area contributed by atoms with Gasteiger partial charge in [-0.25, -0.2) is 8.42 Å². The van der Waals surface area contributed by atoms with Crippen molar-refractivity contribution >= 4 is 27.3 Å². The minimum Gasteiger partial charge on any atom is -0.490 e. The SMILES string of the molecule is Cc1cc(C)c(S(=O)(=O)Nc2ccc3c(c2)N(CCC(C)C)C(=O)C(C)(C)CO3)cc1C. The molecular weight excluding hydrogens is 424 g/mol. The Labute approximate surface area is 192 Å². The van der Waals surface area contributed by atoms with Crippen LogP contribution >= 0.6 is 0 Å². The van der Waals surface area contributed by atoms with E-state index in [0.717, 1.165) is 17.5 Å². The van der Waals surface area contributed by atoms with Crippen molar-refractivity contribution in [3.8, 4) is 5.75 Å². The lowest BCUT2D eigenvalue weighted by Crippen LogP contribution is -2.42. The predicted molar refractivity (Wildman–Crippen MR) is 129 cm³/mol. The van der Waals surface area contributed by atoms with Crippen LogP contribution in [0, 0.1) is 32.1 Å². The number of ether oxygens (including phenoxy) is 1. The van der Waals surface area contributed by atoms with Crippen LogP contribution in [-0.2, 0) is 14.8 Å². The lowest BCUT2D eigenvalue weighted by Gasteiger charge is -2.28. The molecule has 1 aliphatic rings. The van der Waals surface area contributed by atoms with Gasteiger partial charge in [0, 0.05) is 6.54 Å². The third-order valence-electron chi connectivity index (χ3n) is 5.93. The maximum absolute atomic E-state index is 13.3. The standard InChI is InChI=1S/C25H34N2O4S/c1-16(2)10-11-27-21-14-20(8-9-22(21)31-15-25(6,7)24(27)28)26-32(29,30)23-13-18(4)17(3)12-19(23)5/h8-9,12-14,16,26H,10-11,15H2,1-7H3. The number of anilines is 2. The van der Waals surface area contributed by atoms with Crippen LogP contribution in [0.15, 0.2) is 35.2 Å². The Kier molecular flexibility index (Phi) is 6.61. The maximum Gasteiger partial charge on any atom is 0.262 e. The molecule has 1 N–H and O–H groups in total. The van der Waals surface area contributed by atoms with Gasteiger partial charge in [0.05, 0.1) is 21.7 Å². The number of fused-ring (bicyclic) bond motifs is 1. The fourth-order valence-electron chi connectivity index (χ4n) is 3.75. The van der Waals surface area contributed by atoms with E-state index in [2.05, 4.69) is 18.6 Å². The number of rotatable bonds is 6. The fourth-order valence-corrected chi connectivity index (χ4v) is 5.11. The number of aryl methyl sites for hydroxylation is 3. The summed E-state index contributed by atoms with van der Waals surface area (Å²) in [6.07, 6.45) is 0.832. The van der Waals surface area contributed by atoms with Gasteiger partial charge in [0.15, 0.2) is 0 Å². The number of hydrogen-bond acceptors (Lipinski definition) is 4. The first-order valence-electron chi connectivity index (χ1n) is 11.0. The minimum atomic E-state index is -3.79. The molecule has 6 nitrogen and oxygen atoms in total. The third-order valence-corrected chi connectivity index (χ3v) is 7.45. The van der Waals surface area contributed by atoms with Gasteiger partial charge in [0.1, 0.15) is 12.4 Å². The van der Waals surface area contributed by atoms with Crippen LogP contribution in [0.2, 0.25) is 0 Å². The fraction of sp³-hybridized carbons (Fsp3) is 0.480. The Bertz CT molecular complexity index is 1140. The molecule has 0 aliphatic carbocycles. The largest absolute Gasteiger partial charge is 0.490 e. The molecular formula is C25H34N2O4S. The van der Waals surface area contributed by atoms with Crippen molar-refractivity contribution in [2.75, 3.05) is 22.8 Å². The van der Waals surface area contributed by atoms with Crippen LogP contribution in [0.5, 0.6) is 5.75 Å². The second kappa shape index (κ2) is 8.77. The number of benzene rings is 2. The summed E-state index contributed by atoms with van der Waals surface area (Å²) in [6, 6.07) is 8.68. The Morgan fingerprint density at radius 3 is 2.38 bits per heavy atom. The van der Waals surface area contributed by atoms with Gasteiger partial charge in [0.25, 0.3) is 10.0 Å². The van der Waals surface area contributed by atoms with Crippen LogP contribution in [0.4, 0.5) is 11.4 Å². The quantitative estimate of drug-likeness (QED) is 0.645. The van der Waals surface area contributed by atoms with Crippen molar-refractivity contribution < 1.29 is 17.9 Å². The second-order valence-corrected chi connectivity index (χ2v) is 11.5. The first-order valence-corrected chi connectivity index (χ1v) is 12.5. The lowest BCUT2D eigenvalue weighted by atomic mass is 9.92. The molecule has 0 spiro atoms. The van der Waals surface area contributed by atoms with Gasteiger partial charge in [-0.05, 0) is 87.9 Å². The van der Waals surface area contributed by atoms with Gasteiger partial charge in [-0.2, -0.15) is 0 Å². The zero-order valence-corrected chi connectivity index (χ0v) is 20.9. The normalized spacial score (nSPS) is 15.9. The van der Waals surface area contributed by atoms with Crippen molar-refractivity contribution in [2.45, 2.75) is 59.8 Å². The molecule has 174 valence electrons.